The van der Waals surface area contributed by atoms with Crippen molar-refractivity contribution in [2.75, 3.05) is 45.8 Å². The van der Waals surface area contributed by atoms with Crippen LogP contribution in [0, 0.1) is 0 Å². The van der Waals surface area contributed by atoms with Crippen LogP contribution in [0.15, 0.2) is 17.5 Å². The van der Waals surface area contributed by atoms with Crippen LogP contribution in [0.2, 0.25) is 0 Å². The van der Waals surface area contributed by atoms with Gasteiger partial charge in [0.2, 0.25) is 5.91 Å². The predicted octanol–water partition coefficient (Wildman–Crippen LogP) is 1.15. The Kier molecular flexibility index (Phi) is 6.84. The molecule has 0 radical (unpaired) electrons. The third-order valence-corrected chi connectivity index (χ3v) is 5.82. The number of amides is 2. The van der Waals surface area contributed by atoms with E-state index in [9.17, 15) is 9.59 Å². The van der Waals surface area contributed by atoms with Gasteiger partial charge in [-0.1, -0.05) is 6.07 Å². The Morgan fingerprint density at radius 2 is 2.08 bits per heavy atom. The number of hydrogen-bond acceptors (Lipinski definition) is 5. The first kappa shape index (κ1) is 18.4. The molecule has 2 N–H and O–H groups in total. The van der Waals surface area contributed by atoms with E-state index in [1.54, 1.807) is 4.90 Å². The van der Waals surface area contributed by atoms with Crippen LogP contribution < -0.4 is 10.6 Å². The summed E-state index contributed by atoms with van der Waals surface area (Å²) in [6, 6.07) is 3.40. The molecule has 1 aromatic rings. The Hall–Kier alpha value is -1.44. The number of hydrogen-bond donors (Lipinski definition) is 2. The van der Waals surface area contributed by atoms with Gasteiger partial charge < -0.3 is 20.4 Å². The van der Waals surface area contributed by atoms with Crippen LogP contribution in [0.25, 0.3) is 0 Å². The molecule has 1 atom stereocenters. The van der Waals surface area contributed by atoms with Gasteiger partial charge in [0.1, 0.15) is 6.04 Å². The van der Waals surface area contributed by atoms with Gasteiger partial charge in [-0.15, -0.1) is 11.3 Å². The summed E-state index contributed by atoms with van der Waals surface area (Å²) in [5.41, 5.74) is 0. The maximum Gasteiger partial charge on any atom is 0.264 e. The van der Waals surface area contributed by atoms with Gasteiger partial charge in [-0.05, 0) is 43.7 Å². The molecule has 2 aliphatic rings. The molecule has 2 amide bonds. The molecule has 0 bridgehead atoms. The molecule has 1 aromatic heterocycles. The average molecular weight is 365 g/mol. The fourth-order valence-corrected chi connectivity index (χ4v) is 4.23. The van der Waals surface area contributed by atoms with Crippen molar-refractivity contribution in [2.24, 2.45) is 0 Å². The Bertz CT molecular complexity index is 557. The lowest BCUT2D eigenvalue weighted by molar-refractivity contribution is -0.126. The fraction of sp³-hybridized carbons (Fsp3) is 0.667. The van der Waals surface area contributed by atoms with E-state index in [1.165, 1.54) is 11.3 Å². The highest BCUT2D eigenvalue weighted by Crippen LogP contribution is 2.21. The van der Waals surface area contributed by atoms with Crippen LogP contribution in [0.4, 0.5) is 0 Å². The Balaban J connectivity index is 1.46. The molecule has 0 aromatic carbocycles. The zero-order valence-corrected chi connectivity index (χ0v) is 15.5. The lowest BCUT2D eigenvalue weighted by Crippen LogP contribution is -2.52. The van der Waals surface area contributed by atoms with Crippen molar-refractivity contribution in [2.45, 2.75) is 31.7 Å². The first-order valence-corrected chi connectivity index (χ1v) is 10.2. The molecule has 2 saturated heterocycles. The average Bonchev–Trinajstić information content (AvgIpc) is 3.20. The number of piperazine rings is 1. The minimum Gasteiger partial charge on any atom is -0.354 e. The van der Waals surface area contributed by atoms with E-state index in [4.69, 9.17) is 0 Å². The molecule has 7 heteroatoms. The van der Waals surface area contributed by atoms with Gasteiger partial charge in [-0.3, -0.25) is 9.59 Å². The summed E-state index contributed by atoms with van der Waals surface area (Å²) in [7, 11) is 0. The number of piperidine rings is 1. The number of carbonyl (C=O) groups excluding carboxylic acids is 2. The van der Waals surface area contributed by atoms with E-state index in [0.717, 1.165) is 63.3 Å². The molecule has 3 heterocycles. The maximum absolute atomic E-state index is 12.7. The van der Waals surface area contributed by atoms with Gasteiger partial charge in [0.25, 0.3) is 5.91 Å². The minimum atomic E-state index is -0.317. The highest BCUT2D eigenvalue weighted by Gasteiger charge is 2.32. The highest BCUT2D eigenvalue weighted by atomic mass is 32.1. The van der Waals surface area contributed by atoms with E-state index in [-0.39, 0.29) is 17.9 Å². The highest BCUT2D eigenvalue weighted by molar-refractivity contribution is 7.12. The summed E-state index contributed by atoms with van der Waals surface area (Å²) in [4.78, 5) is 30.2. The first-order chi connectivity index (χ1) is 12.3. The quantitative estimate of drug-likeness (QED) is 0.744. The van der Waals surface area contributed by atoms with Crippen molar-refractivity contribution in [3.8, 4) is 0 Å². The van der Waals surface area contributed by atoms with Crippen LogP contribution in [0.3, 0.4) is 0 Å². The summed E-state index contributed by atoms with van der Waals surface area (Å²) in [5.74, 6) is 0.000540. The largest absolute Gasteiger partial charge is 0.354 e. The molecule has 25 heavy (non-hydrogen) atoms. The predicted molar refractivity (Wildman–Crippen MR) is 99.9 cm³/mol. The Morgan fingerprint density at radius 1 is 1.24 bits per heavy atom. The lowest BCUT2D eigenvalue weighted by atomic mass is 10.0. The van der Waals surface area contributed by atoms with Crippen LogP contribution in [0.5, 0.6) is 0 Å². The van der Waals surface area contributed by atoms with Gasteiger partial charge in [0, 0.05) is 39.3 Å². The van der Waals surface area contributed by atoms with Crippen molar-refractivity contribution in [3.63, 3.8) is 0 Å². The van der Waals surface area contributed by atoms with Crippen molar-refractivity contribution in [1.29, 1.82) is 0 Å². The fourth-order valence-electron chi connectivity index (χ4n) is 3.56. The van der Waals surface area contributed by atoms with E-state index in [2.05, 4.69) is 15.5 Å². The molecule has 0 spiro atoms. The second kappa shape index (κ2) is 9.31. The molecule has 0 aliphatic carbocycles. The standard InChI is InChI=1S/C18H28N4O2S/c23-17(20-7-4-10-21-12-8-19-9-13-21)15-5-1-2-11-22(15)18(24)16-6-3-14-25-16/h3,6,14-15,19H,1-2,4-5,7-13H2,(H,20,23). The maximum atomic E-state index is 12.7. The van der Waals surface area contributed by atoms with Crippen LogP contribution in [-0.4, -0.2) is 73.5 Å². The van der Waals surface area contributed by atoms with E-state index in [0.29, 0.717) is 13.1 Å². The van der Waals surface area contributed by atoms with Gasteiger partial charge >= 0.3 is 0 Å². The molecular formula is C18H28N4O2S. The molecule has 1 unspecified atom stereocenters. The van der Waals surface area contributed by atoms with Crippen molar-refractivity contribution in [3.05, 3.63) is 22.4 Å². The summed E-state index contributed by atoms with van der Waals surface area (Å²) in [6.45, 7) is 6.64. The summed E-state index contributed by atoms with van der Waals surface area (Å²) in [5, 5.41) is 8.30. The Labute approximate surface area is 153 Å². The number of thiophene rings is 1. The van der Waals surface area contributed by atoms with Crippen molar-refractivity contribution >= 4 is 23.2 Å². The minimum absolute atomic E-state index is 0.00401. The summed E-state index contributed by atoms with van der Waals surface area (Å²) in [6.07, 6.45) is 3.70. The molecule has 6 nitrogen and oxygen atoms in total. The SMILES string of the molecule is O=C(NCCCN1CCNCC1)C1CCCCN1C(=O)c1cccs1. The zero-order valence-electron chi connectivity index (χ0n) is 14.7. The molecule has 138 valence electrons. The zero-order chi connectivity index (χ0) is 17.5. The number of carbonyl (C=O) groups is 2. The number of likely N-dealkylation sites (tertiary alicyclic amines) is 1. The number of nitrogens with one attached hydrogen (secondary N) is 2. The van der Waals surface area contributed by atoms with Gasteiger partial charge in [0.05, 0.1) is 4.88 Å². The first-order valence-electron chi connectivity index (χ1n) is 9.31. The second-order valence-electron chi connectivity index (χ2n) is 6.72. The molecular weight excluding hydrogens is 336 g/mol. The van der Waals surface area contributed by atoms with Crippen molar-refractivity contribution < 1.29 is 9.59 Å². The third kappa shape index (κ3) is 5.03. The molecule has 2 fully saturated rings. The number of rotatable bonds is 6. The monoisotopic (exact) mass is 364 g/mol. The van der Waals surface area contributed by atoms with Crippen molar-refractivity contribution in [1.82, 2.24) is 20.4 Å². The second-order valence-corrected chi connectivity index (χ2v) is 7.67. The smallest absolute Gasteiger partial charge is 0.264 e. The van der Waals surface area contributed by atoms with Gasteiger partial charge in [-0.25, -0.2) is 0 Å². The normalized spacial score (nSPS) is 21.9. The lowest BCUT2D eigenvalue weighted by Gasteiger charge is -2.34. The van der Waals surface area contributed by atoms with E-state index in [1.807, 2.05) is 17.5 Å². The van der Waals surface area contributed by atoms with E-state index < -0.39 is 0 Å². The molecule has 2 aliphatic heterocycles. The molecule has 0 saturated carbocycles. The number of nitrogens with zero attached hydrogens (tertiary/aromatic N) is 2. The van der Waals surface area contributed by atoms with Crippen LogP contribution in [-0.2, 0) is 4.79 Å². The third-order valence-electron chi connectivity index (χ3n) is 4.96. The van der Waals surface area contributed by atoms with E-state index >= 15 is 0 Å². The summed E-state index contributed by atoms with van der Waals surface area (Å²) >= 11 is 1.44. The van der Waals surface area contributed by atoms with Crippen LogP contribution >= 0.6 is 11.3 Å². The Morgan fingerprint density at radius 3 is 2.84 bits per heavy atom. The summed E-state index contributed by atoms with van der Waals surface area (Å²) < 4.78 is 0. The molecule has 3 rings (SSSR count). The van der Waals surface area contributed by atoms with Gasteiger partial charge in [-0.2, -0.15) is 0 Å². The topological polar surface area (TPSA) is 64.7 Å². The van der Waals surface area contributed by atoms with Crippen LogP contribution in [0.1, 0.15) is 35.4 Å². The van der Waals surface area contributed by atoms with Gasteiger partial charge in [0.15, 0.2) is 0 Å².